The Morgan fingerprint density at radius 2 is 1.56 bits per heavy atom. The van der Waals surface area contributed by atoms with Crippen LogP contribution in [-0.2, 0) is 4.65 Å². The monoisotopic (exact) mass is 597 g/mol. The molecular formula is C39H44BN3O2. The molecule has 2 aliphatic carbocycles. The molecule has 3 unspecified atom stereocenters. The highest BCUT2D eigenvalue weighted by molar-refractivity contribution is 6.47. The van der Waals surface area contributed by atoms with Gasteiger partial charge in [-0.15, -0.1) is 0 Å². The molecule has 3 aromatic carbocycles. The minimum absolute atomic E-state index is 0.226. The lowest BCUT2D eigenvalue weighted by Gasteiger charge is -2.37. The number of hydrogen-bond acceptors (Lipinski definition) is 5. The maximum atomic E-state index is 10.5. The minimum Gasteiger partial charge on any atom is -0.427 e. The number of hydrogen-bond donors (Lipinski definition) is 2. The first-order chi connectivity index (χ1) is 21.7. The highest BCUT2D eigenvalue weighted by Gasteiger charge is 2.35. The minimum atomic E-state index is -0.945. The summed E-state index contributed by atoms with van der Waals surface area (Å²) in [7, 11) is 0.426. The molecule has 0 radical (unpaired) electrons. The lowest BCUT2D eigenvalue weighted by atomic mass is 9.82. The second-order valence-corrected chi connectivity index (χ2v) is 13.4. The summed E-state index contributed by atoms with van der Waals surface area (Å²) in [5.74, 6) is 2.50. The van der Waals surface area contributed by atoms with Crippen molar-refractivity contribution in [2.24, 2.45) is 15.9 Å². The lowest BCUT2D eigenvalue weighted by molar-refractivity contribution is -0.0893. The van der Waals surface area contributed by atoms with Gasteiger partial charge in [-0.25, -0.2) is 9.98 Å². The molecule has 3 aromatic rings. The second-order valence-electron chi connectivity index (χ2n) is 13.4. The molecule has 230 valence electrons. The number of amidine groups is 2. The van der Waals surface area contributed by atoms with Gasteiger partial charge in [0.1, 0.15) is 12.0 Å². The molecule has 1 aliphatic heterocycles. The van der Waals surface area contributed by atoms with E-state index in [1.807, 2.05) is 13.8 Å². The molecule has 45 heavy (non-hydrogen) atoms. The molecule has 0 aromatic heterocycles. The highest BCUT2D eigenvalue weighted by Crippen LogP contribution is 2.34. The molecule has 6 rings (SSSR count). The number of aliphatic imine (C=N–C) groups is 2. The van der Waals surface area contributed by atoms with Crippen LogP contribution in [0.25, 0.3) is 5.57 Å². The van der Waals surface area contributed by atoms with E-state index in [9.17, 15) is 5.11 Å². The smallest absolute Gasteiger partial charge is 0.309 e. The Morgan fingerprint density at radius 3 is 2.18 bits per heavy atom. The van der Waals surface area contributed by atoms with Crippen molar-refractivity contribution in [3.05, 3.63) is 131 Å². The van der Waals surface area contributed by atoms with Gasteiger partial charge in [0, 0.05) is 17.4 Å². The Hall–Kier alpha value is -4.00. The topological polar surface area (TPSA) is 66.2 Å². The van der Waals surface area contributed by atoms with E-state index in [0.717, 1.165) is 54.0 Å². The third-order valence-electron chi connectivity index (χ3n) is 9.66. The van der Waals surface area contributed by atoms with Gasteiger partial charge < -0.3 is 15.1 Å². The summed E-state index contributed by atoms with van der Waals surface area (Å²) in [5.41, 5.74) is 5.68. The largest absolute Gasteiger partial charge is 0.427 e. The standard InChI is InChI=1S/C39H44BN3O2/c1-38(2,44)39(3,4)45-40-34-25-23-33(24-26-34)37-42-35(31-19-15-29(16-20-31)27-11-7-5-8-12-27)41-36(43-37)32-21-17-30(18-22-32)28-13-9-6-10-14-28/h5-15,17,19-20,23-26,29,32,37,40,44H,16,18,21-22H2,1-4H3,(H,41,42,43). The average Bonchev–Trinajstić information content (AvgIpc) is 3.08. The molecule has 1 heterocycles. The first-order valence-corrected chi connectivity index (χ1v) is 16.2. The SMILES string of the molecule is CC(C)(O)C(C)(C)OBc1ccc(C2N=C(C3=CCC(c4ccccc4)C=C3)N=C(C3CC=C(c4ccccc4)CC3)N2)cc1. The van der Waals surface area contributed by atoms with Crippen LogP contribution in [0.4, 0.5) is 0 Å². The summed E-state index contributed by atoms with van der Waals surface area (Å²) < 4.78 is 6.11. The number of benzene rings is 3. The van der Waals surface area contributed by atoms with Crippen molar-refractivity contribution in [1.82, 2.24) is 5.32 Å². The molecule has 0 bridgehead atoms. The fraction of sp³-hybridized carbons (Fsp3) is 0.333. The predicted octanol–water partition coefficient (Wildman–Crippen LogP) is 7.18. The van der Waals surface area contributed by atoms with Crippen LogP contribution in [0.3, 0.4) is 0 Å². The van der Waals surface area contributed by atoms with Crippen molar-refractivity contribution >= 4 is 30.2 Å². The third kappa shape index (κ3) is 7.29. The van der Waals surface area contributed by atoms with Crippen LogP contribution in [-0.4, -0.2) is 35.5 Å². The zero-order valence-corrected chi connectivity index (χ0v) is 26.9. The second kappa shape index (κ2) is 13.2. The van der Waals surface area contributed by atoms with Crippen LogP contribution in [0, 0.1) is 5.92 Å². The Morgan fingerprint density at radius 1 is 0.844 bits per heavy atom. The van der Waals surface area contributed by atoms with Gasteiger partial charge in [0.2, 0.25) is 0 Å². The van der Waals surface area contributed by atoms with E-state index in [1.165, 1.54) is 16.7 Å². The van der Waals surface area contributed by atoms with Crippen LogP contribution in [0.5, 0.6) is 0 Å². The summed E-state index contributed by atoms with van der Waals surface area (Å²) in [4.78, 5) is 10.3. The van der Waals surface area contributed by atoms with Gasteiger partial charge in [-0.2, -0.15) is 0 Å². The molecule has 0 spiro atoms. The number of allylic oxidation sites excluding steroid dienone is 4. The van der Waals surface area contributed by atoms with Crippen LogP contribution >= 0.6 is 0 Å². The van der Waals surface area contributed by atoms with Gasteiger partial charge in [0.25, 0.3) is 0 Å². The Bertz CT molecular complexity index is 1630. The average molecular weight is 598 g/mol. The third-order valence-corrected chi connectivity index (χ3v) is 9.66. The molecule has 2 N–H and O–H groups in total. The Labute approximate surface area is 268 Å². The van der Waals surface area contributed by atoms with Crippen molar-refractivity contribution in [3.8, 4) is 0 Å². The lowest BCUT2D eigenvalue weighted by Crippen LogP contribution is -2.49. The molecule has 3 atom stereocenters. The summed E-state index contributed by atoms with van der Waals surface area (Å²) in [6.45, 7) is 7.40. The number of nitrogens with zero attached hydrogens (tertiary/aromatic N) is 2. The van der Waals surface area contributed by atoms with Crippen molar-refractivity contribution in [2.45, 2.75) is 76.7 Å². The molecule has 0 amide bonds. The molecule has 5 nitrogen and oxygen atoms in total. The van der Waals surface area contributed by atoms with Crippen molar-refractivity contribution in [3.63, 3.8) is 0 Å². The maximum Gasteiger partial charge on any atom is 0.309 e. The summed E-state index contributed by atoms with van der Waals surface area (Å²) in [6.07, 6.45) is 12.9. The number of nitrogens with one attached hydrogen (secondary N) is 1. The van der Waals surface area contributed by atoms with E-state index in [4.69, 9.17) is 14.6 Å². The summed E-state index contributed by atoms with van der Waals surface area (Å²) in [5, 5.41) is 14.2. The molecule has 0 fully saturated rings. The van der Waals surface area contributed by atoms with Gasteiger partial charge >= 0.3 is 7.48 Å². The number of aliphatic hydroxyl groups is 1. The Kier molecular flexibility index (Phi) is 9.07. The normalized spacial score (nSPS) is 22.0. The van der Waals surface area contributed by atoms with Crippen molar-refractivity contribution in [1.29, 1.82) is 0 Å². The molecule has 0 saturated heterocycles. The number of rotatable bonds is 9. The van der Waals surface area contributed by atoms with Gasteiger partial charge in [0.15, 0.2) is 5.84 Å². The highest BCUT2D eigenvalue weighted by atomic mass is 16.5. The van der Waals surface area contributed by atoms with E-state index in [1.54, 1.807) is 13.8 Å². The van der Waals surface area contributed by atoms with Gasteiger partial charge in [-0.05, 0) is 75.6 Å². The van der Waals surface area contributed by atoms with Gasteiger partial charge in [-0.1, -0.05) is 115 Å². The summed E-state index contributed by atoms with van der Waals surface area (Å²) in [6, 6.07) is 29.8. The first-order valence-electron chi connectivity index (χ1n) is 16.2. The molecule has 6 heteroatoms. The summed E-state index contributed by atoms with van der Waals surface area (Å²) >= 11 is 0. The van der Waals surface area contributed by atoms with Crippen LogP contribution < -0.4 is 10.8 Å². The maximum absolute atomic E-state index is 10.5. The predicted molar refractivity (Wildman–Crippen MR) is 188 cm³/mol. The van der Waals surface area contributed by atoms with E-state index >= 15 is 0 Å². The van der Waals surface area contributed by atoms with E-state index in [-0.39, 0.29) is 6.17 Å². The van der Waals surface area contributed by atoms with Crippen LogP contribution in [0.15, 0.2) is 125 Å². The van der Waals surface area contributed by atoms with Crippen LogP contribution in [0.2, 0.25) is 0 Å². The van der Waals surface area contributed by atoms with Crippen LogP contribution in [0.1, 0.15) is 82.2 Å². The van der Waals surface area contributed by atoms with Gasteiger partial charge in [-0.3, -0.25) is 0 Å². The van der Waals surface area contributed by atoms with E-state index in [2.05, 4.69) is 115 Å². The zero-order chi connectivity index (χ0) is 31.4. The van der Waals surface area contributed by atoms with E-state index < -0.39 is 11.2 Å². The molecular weight excluding hydrogens is 553 g/mol. The van der Waals surface area contributed by atoms with Crippen molar-refractivity contribution in [2.75, 3.05) is 0 Å². The fourth-order valence-electron chi connectivity index (χ4n) is 5.94. The van der Waals surface area contributed by atoms with Gasteiger partial charge in [0.05, 0.1) is 11.2 Å². The first kappa shape index (κ1) is 31.0. The molecule has 0 saturated carbocycles. The van der Waals surface area contributed by atoms with E-state index in [0.29, 0.717) is 19.3 Å². The molecule has 3 aliphatic rings. The quantitative estimate of drug-likeness (QED) is 0.257. The Balaban J connectivity index is 1.22. The van der Waals surface area contributed by atoms with Crippen molar-refractivity contribution < 1.29 is 9.76 Å². The zero-order valence-electron chi connectivity index (χ0n) is 26.9. The fourth-order valence-corrected chi connectivity index (χ4v) is 5.94.